The van der Waals surface area contributed by atoms with Gasteiger partial charge in [0.2, 0.25) is 5.95 Å². The van der Waals surface area contributed by atoms with Crippen molar-refractivity contribution in [2.45, 2.75) is 0 Å². The maximum Gasteiger partial charge on any atom is 0.295 e. The Balaban J connectivity index is 2.38. The van der Waals surface area contributed by atoms with Gasteiger partial charge in [-0.2, -0.15) is 4.39 Å². The summed E-state index contributed by atoms with van der Waals surface area (Å²) < 4.78 is 26.9. The van der Waals surface area contributed by atoms with Gasteiger partial charge in [0.25, 0.3) is 11.6 Å². The highest BCUT2D eigenvalue weighted by Crippen LogP contribution is 2.27. The molecule has 6 nitrogen and oxygen atoms in total. The number of hydrogen-bond acceptors (Lipinski definition) is 4. The van der Waals surface area contributed by atoms with Crippen molar-refractivity contribution >= 4 is 17.3 Å². The highest BCUT2D eigenvalue weighted by Gasteiger charge is 2.21. The van der Waals surface area contributed by atoms with Crippen LogP contribution in [-0.2, 0) is 0 Å². The molecule has 0 saturated carbocycles. The second-order valence-electron chi connectivity index (χ2n) is 3.69. The van der Waals surface area contributed by atoms with Crippen molar-refractivity contribution in [2.75, 3.05) is 5.32 Å². The molecule has 0 atom stereocenters. The predicted molar refractivity (Wildman–Crippen MR) is 65.2 cm³/mol. The van der Waals surface area contributed by atoms with E-state index in [-0.39, 0.29) is 0 Å². The van der Waals surface area contributed by atoms with Gasteiger partial charge in [0, 0.05) is 12.3 Å². The van der Waals surface area contributed by atoms with Gasteiger partial charge in [-0.1, -0.05) is 6.07 Å². The number of amides is 1. The summed E-state index contributed by atoms with van der Waals surface area (Å²) in [4.78, 5) is 25.0. The Morgan fingerprint density at radius 1 is 1.25 bits per heavy atom. The number of nitro benzene ring substituents is 1. The molecule has 1 amide bonds. The van der Waals surface area contributed by atoms with E-state index in [1.807, 2.05) is 5.32 Å². The van der Waals surface area contributed by atoms with Gasteiger partial charge in [-0.25, -0.2) is 9.37 Å². The molecule has 2 rings (SSSR count). The second kappa shape index (κ2) is 5.39. The number of anilines is 1. The van der Waals surface area contributed by atoms with Gasteiger partial charge in [0.1, 0.15) is 0 Å². The standard InChI is InChI=1S/C12H7F2N3O3/c13-8-4-1-5-9(17(19)20)10(8)16-12(18)7-3-2-6-15-11(7)14/h1-6H,(H,16,18). The summed E-state index contributed by atoms with van der Waals surface area (Å²) in [6, 6.07) is 5.55. The number of nitrogens with zero attached hydrogens (tertiary/aromatic N) is 2. The molecule has 1 heterocycles. The zero-order valence-corrected chi connectivity index (χ0v) is 9.84. The van der Waals surface area contributed by atoms with E-state index in [1.54, 1.807) is 0 Å². The molecule has 0 radical (unpaired) electrons. The van der Waals surface area contributed by atoms with Crippen molar-refractivity contribution in [2.24, 2.45) is 0 Å². The molecule has 102 valence electrons. The Morgan fingerprint density at radius 3 is 2.65 bits per heavy atom. The third kappa shape index (κ3) is 2.58. The van der Waals surface area contributed by atoms with E-state index in [2.05, 4.69) is 4.98 Å². The van der Waals surface area contributed by atoms with Crippen molar-refractivity contribution in [3.8, 4) is 0 Å². The fourth-order valence-electron chi connectivity index (χ4n) is 1.52. The maximum absolute atomic E-state index is 13.6. The molecule has 0 fully saturated rings. The largest absolute Gasteiger partial charge is 0.314 e. The van der Waals surface area contributed by atoms with Gasteiger partial charge in [-0.05, 0) is 18.2 Å². The number of carbonyl (C=O) groups is 1. The number of benzene rings is 1. The molecule has 0 aliphatic rings. The van der Waals surface area contributed by atoms with Crippen LogP contribution in [-0.4, -0.2) is 15.8 Å². The van der Waals surface area contributed by atoms with E-state index in [0.717, 1.165) is 30.5 Å². The SMILES string of the molecule is O=C(Nc1c(F)cccc1[N+](=O)[O-])c1cccnc1F. The van der Waals surface area contributed by atoms with Crippen LogP contribution < -0.4 is 5.32 Å². The van der Waals surface area contributed by atoms with Gasteiger partial charge in [-0.3, -0.25) is 14.9 Å². The molecule has 0 bridgehead atoms. The minimum absolute atomic E-state index is 0.440. The number of carbonyl (C=O) groups excluding carboxylic acids is 1. The number of hydrogen-bond donors (Lipinski definition) is 1. The van der Waals surface area contributed by atoms with Gasteiger partial charge in [-0.15, -0.1) is 0 Å². The van der Waals surface area contributed by atoms with Gasteiger partial charge in [0.05, 0.1) is 10.5 Å². The first-order valence-electron chi connectivity index (χ1n) is 5.35. The molecule has 1 N–H and O–H groups in total. The van der Waals surface area contributed by atoms with Crippen molar-refractivity contribution < 1.29 is 18.5 Å². The average Bonchev–Trinajstić information content (AvgIpc) is 2.41. The lowest BCUT2D eigenvalue weighted by molar-refractivity contribution is -0.384. The van der Waals surface area contributed by atoms with Gasteiger partial charge < -0.3 is 5.32 Å². The Hall–Kier alpha value is -2.90. The average molecular weight is 279 g/mol. The number of nitro groups is 1. The van der Waals surface area contributed by atoms with Crippen molar-refractivity contribution in [3.63, 3.8) is 0 Å². The molecule has 0 spiro atoms. The van der Waals surface area contributed by atoms with Crippen molar-refractivity contribution in [1.29, 1.82) is 0 Å². The summed E-state index contributed by atoms with van der Waals surface area (Å²) in [6.45, 7) is 0. The topological polar surface area (TPSA) is 85.1 Å². The summed E-state index contributed by atoms with van der Waals surface area (Å²) in [5, 5.41) is 12.7. The molecule has 0 saturated heterocycles. The first-order valence-corrected chi connectivity index (χ1v) is 5.35. The van der Waals surface area contributed by atoms with E-state index in [0.29, 0.717) is 0 Å². The van der Waals surface area contributed by atoms with E-state index in [9.17, 15) is 23.7 Å². The number of aromatic nitrogens is 1. The third-order valence-corrected chi connectivity index (χ3v) is 2.43. The summed E-state index contributed by atoms with van der Waals surface area (Å²) in [6.07, 6.45) is 1.14. The number of nitrogens with one attached hydrogen (secondary N) is 1. The summed E-state index contributed by atoms with van der Waals surface area (Å²) >= 11 is 0. The van der Waals surface area contributed by atoms with Crippen LogP contribution in [0.15, 0.2) is 36.5 Å². The molecule has 0 aliphatic carbocycles. The van der Waals surface area contributed by atoms with E-state index in [4.69, 9.17) is 0 Å². The Kier molecular flexibility index (Phi) is 3.65. The first kappa shape index (κ1) is 13.5. The van der Waals surface area contributed by atoms with Crippen molar-refractivity contribution in [1.82, 2.24) is 4.98 Å². The molecule has 20 heavy (non-hydrogen) atoms. The van der Waals surface area contributed by atoms with Gasteiger partial charge >= 0.3 is 0 Å². The summed E-state index contributed by atoms with van der Waals surface area (Å²) in [5.74, 6) is -3.07. The fourth-order valence-corrected chi connectivity index (χ4v) is 1.52. The first-order chi connectivity index (χ1) is 9.50. The monoisotopic (exact) mass is 279 g/mol. The minimum atomic E-state index is -1.05. The number of halogens is 2. The molecule has 0 unspecified atom stereocenters. The van der Waals surface area contributed by atoms with Crippen LogP contribution in [0.4, 0.5) is 20.2 Å². The van der Waals surface area contributed by atoms with E-state index >= 15 is 0 Å². The molecular weight excluding hydrogens is 272 g/mol. The molecule has 0 aliphatic heterocycles. The molecule has 1 aromatic carbocycles. The van der Waals surface area contributed by atoms with E-state index in [1.165, 1.54) is 6.07 Å². The third-order valence-electron chi connectivity index (χ3n) is 2.43. The van der Waals surface area contributed by atoms with Crippen LogP contribution in [0.5, 0.6) is 0 Å². The molecule has 2 aromatic rings. The number of para-hydroxylation sites is 1. The molecular formula is C12H7F2N3O3. The smallest absolute Gasteiger partial charge is 0.295 e. The quantitative estimate of drug-likeness (QED) is 0.531. The second-order valence-corrected chi connectivity index (χ2v) is 3.69. The van der Waals surface area contributed by atoms with Gasteiger partial charge in [0.15, 0.2) is 11.5 Å². The highest BCUT2D eigenvalue weighted by molar-refractivity contribution is 6.05. The fraction of sp³-hybridized carbons (Fsp3) is 0. The number of rotatable bonds is 3. The number of pyridine rings is 1. The normalized spacial score (nSPS) is 10.1. The Labute approximate surface area is 111 Å². The Morgan fingerprint density at radius 2 is 2.00 bits per heavy atom. The highest BCUT2D eigenvalue weighted by atomic mass is 19.1. The molecule has 8 heteroatoms. The lowest BCUT2D eigenvalue weighted by Gasteiger charge is -2.07. The zero-order valence-electron chi connectivity index (χ0n) is 9.84. The summed E-state index contributed by atoms with van der Waals surface area (Å²) in [7, 11) is 0. The van der Waals surface area contributed by atoms with E-state index < -0.39 is 39.5 Å². The van der Waals surface area contributed by atoms with Crippen LogP contribution in [0.1, 0.15) is 10.4 Å². The van der Waals surface area contributed by atoms with Crippen LogP contribution in [0.2, 0.25) is 0 Å². The predicted octanol–water partition coefficient (Wildman–Crippen LogP) is 2.52. The minimum Gasteiger partial charge on any atom is -0.314 e. The molecule has 1 aromatic heterocycles. The lowest BCUT2D eigenvalue weighted by atomic mass is 10.2. The Bertz CT molecular complexity index is 691. The maximum atomic E-state index is 13.6. The lowest BCUT2D eigenvalue weighted by Crippen LogP contribution is -2.16. The zero-order chi connectivity index (χ0) is 14.7. The van der Waals surface area contributed by atoms with Crippen LogP contribution >= 0.6 is 0 Å². The van der Waals surface area contributed by atoms with Crippen molar-refractivity contribution in [3.05, 3.63) is 64.0 Å². The summed E-state index contributed by atoms with van der Waals surface area (Å²) in [5.41, 5.74) is -1.68. The van der Waals surface area contributed by atoms with Crippen LogP contribution in [0.25, 0.3) is 0 Å². The van der Waals surface area contributed by atoms with Crippen LogP contribution in [0, 0.1) is 21.9 Å². The van der Waals surface area contributed by atoms with Crippen LogP contribution in [0.3, 0.4) is 0 Å².